The van der Waals surface area contributed by atoms with Gasteiger partial charge in [0.15, 0.2) is 0 Å². The summed E-state index contributed by atoms with van der Waals surface area (Å²) in [5.41, 5.74) is -0.636. The number of carbonyl (C=O) groups excluding carboxylic acids is 4. The number of benzene rings is 4. The minimum Gasteiger partial charge on any atom is -0.542 e. The first-order valence-corrected chi connectivity index (χ1v) is 14.8. The number of nitrogens with zero attached hydrogens (tertiary/aromatic N) is 2. The number of aliphatic carboxylic acids is 2. The second-order valence-electron chi connectivity index (χ2n) is 11.0. The van der Waals surface area contributed by atoms with E-state index in [9.17, 15) is 35.9 Å². The molecule has 0 amide bonds. The third kappa shape index (κ3) is 8.22. The number of carbonyl (C=O) groups is 4. The second-order valence-corrected chi connectivity index (χ2v) is 11.0. The number of rotatable bonds is 4. The van der Waals surface area contributed by atoms with Gasteiger partial charge in [0.05, 0.1) is 0 Å². The van der Waals surface area contributed by atoms with Gasteiger partial charge in [-0.25, -0.2) is 19.6 Å². The van der Waals surface area contributed by atoms with Gasteiger partial charge in [-0.15, -0.1) is 0 Å². The fourth-order valence-electron chi connectivity index (χ4n) is 5.94. The van der Waals surface area contributed by atoms with E-state index < -0.39 is 59.1 Å². The van der Waals surface area contributed by atoms with E-state index in [4.69, 9.17) is 39.3 Å². The Bertz CT molecular complexity index is 1890. The molecule has 284 valence electrons. The van der Waals surface area contributed by atoms with Crippen LogP contribution in [0.4, 0.5) is 26.3 Å². The van der Waals surface area contributed by atoms with Gasteiger partial charge in [0, 0.05) is 23.0 Å². The van der Waals surface area contributed by atoms with Crippen molar-refractivity contribution in [3.63, 3.8) is 0 Å². The summed E-state index contributed by atoms with van der Waals surface area (Å²) in [4.78, 5) is 55.5. The van der Waals surface area contributed by atoms with Crippen LogP contribution in [-0.4, -0.2) is 59.1 Å². The molecule has 4 unspecified atom stereocenters. The summed E-state index contributed by atoms with van der Waals surface area (Å²) in [5.74, 6) is -8.17. The molecule has 4 aromatic carbocycles. The van der Waals surface area contributed by atoms with E-state index in [2.05, 4.69) is 12.1 Å². The number of fused-ring (bicyclic) bond motifs is 1. The van der Waals surface area contributed by atoms with Crippen molar-refractivity contribution in [1.29, 1.82) is 0 Å². The maximum atomic E-state index is 14.0. The van der Waals surface area contributed by atoms with Crippen LogP contribution in [0.25, 0.3) is 0 Å². The fourth-order valence-corrected chi connectivity index (χ4v) is 5.94. The van der Waals surface area contributed by atoms with Crippen molar-refractivity contribution in [2.75, 3.05) is 0 Å². The Morgan fingerprint density at radius 1 is 0.574 bits per heavy atom. The predicted molar refractivity (Wildman–Crippen MR) is 162 cm³/mol. The SMILES string of the molecule is O=C([O-])C(F)(F)F.O=C([O-])C(F)(F)F.O=C1OC(c2ccccc2)=NC12C(c1[c-]cccc1)C(c1[c-]cccc1)C21N=C(c2ccccc2)OC1=O.[Pd+2].[Pd+2]. The van der Waals surface area contributed by atoms with Crippen LogP contribution in [0.3, 0.4) is 0 Å². The van der Waals surface area contributed by atoms with Crippen molar-refractivity contribution in [3.8, 4) is 0 Å². The summed E-state index contributed by atoms with van der Waals surface area (Å²) in [6.45, 7) is 0. The number of hydrogen-bond acceptors (Lipinski definition) is 10. The maximum absolute atomic E-state index is 14.0. The quantitative estimate of drug-likeness (QED) is 0.131. The van der Waals surface area contributed by atoms with Gasteiger partial charge in [-0.3, -0.25) is 0 Å². The number of alkyl halides is 6. The van der Waals surface area contributed by atoms with Crippen LogP contribution in [0.15, 0.2) is 119 Å². The summed E-state index contributed by atoms with van der Waals surface area (Å²) in [5, 5.41) is 17.6. The smallest absolute Gasteiger partial charge is 0.542 e. The molecule has 0 aromatic heterocycles. The molecular formula is C36H20F6N2O8Pd2. The van der Waals surface area contributed by atoms with Gasteiger partial charge in [-0.05, 0) is 24.3 Å². The zero-order valence-corrected chi connectivity index (χ0v) is 29.7. The zero-order chi connectivity index (χ0) is 37.9. The molecule has 7 rings (SSSR count). The molecule has 1 saturated carbocycles. The third-order valence-electron chi connectivity index (χ3n) is 8.01. The molecule has 0 radical (unpaired) electrons. The van der Waals surface area contributed by atoms with Crippen LogP contribution in [-0.2, 0) is 69.5 Å². The van der Waals surface area contributed by atoms with Gasteiger partial charge < -0.3 is 29.3 Å². The molecule has 3 aliphatic rings. The Morgan fingerprint density at radius 2 is 0.870 bits per heavy atom. The molecule has 1 aliphatic carbocycles. The molecule has 0 bridgehead atoms. The molecule has 18 heteroatoms. The summed E-state index contributed by atoms with van der Waals surface area (Å²) < 4.78 is 74.8. The van der Waals surface area contributed by atoms with Crippen molar-refractivity contribution < 1.29 is 106 Å². The first-order valence-electron chi connectivity index (χ1n) is 14.8. The number of carboxylic acid groups (broad SMARTS) is 2. The van der Waals surface area contributed by atoms with Crippen molar-refractivity contribution in [2.45, 2.75) is 35.3 Å². The summed E-state index contributed by atoms with van der Waals surface area (Å²) >= 11 is 0. The van der Waals surface area contributed by atoms with Crippen LogP contribution in [0.1, 0.15) is 34.1 Å². The number of cyclic esters (lactones) is 2. The normalized spacial score (nSPS) is 22.3. The Balaban J connectivity index is 0.000000421. The van der Waals surface area contributed by atoms with E-state index in [-0.39, 0.29) is 52.6 Å². The average Bonchev–Trinajstić information content (AvgIpc) is 3.68. The number of esters is 2. The molecular weight excluding hydrogens is 915 g/mol. The Morgan fingerprint density at radius 3 is 1.13 bits per heavy atom. The van der Waals surface area contributed by atoms with E-state index in [0.29, 0.717) is 11.1 Å². The van der Waals surface area contributed by atoms with Crippen LogP contribution in [0.5, 0.6) is 0 Å². The van der Waals surface area contributed by atoms with E-state index in [0.717, 1.165) is 11.1 Å². The minimum atomic E-state index is -5.19. The van der Waals surface area contributed by atoms with Crippen LogP contribution in [0, 0.1) is 12.1 Å². The van der Waals surface area contributed by atoms with Crippen LogP contribution >= 0.6 is 0 Å². The summed E-state index contributed by atoms with van der Waals surface area (Å²) in [7, 11) is 0. The minimum absolute atomic E-state index is 0. The van der Waals surface area contributed by atoms with Gasteiger partial charge in [0.1, 0.15) is 11.9 Å². The fraction of sp³-hybridized carbons (Fsp3) is 0.167. The number of halogens is 6. The largest absolute Gasteiger partial charge is 2.00 e. The number of hydrogen-bond donors (Lipinski definition) is 0. The van der Waals surface area contributed by atoms with Gasteiger partial charge >= 0.3 is 65.1 Å². The second kappa shape index (κ2) is 17.0. The summed E-state index contributed by atoms with van der Waals surface area (Å²) in [6.07, 6.45) is -10.4. The molecule has 1 fully saturated rings. The topological polar surface area (TPSA) is 158 Å². The average molecular weight is 935 g/mol. The standard InChI is InChI=1S/C32H20N2O4.2C2HF3O2.2Pd/c35-29-31(33-27(37-29)23-17-9-3-10-18-23)25(21-13-5-1-6-14-21)26(22-15-7-2-8-16-22)32(31)30(36)38-28(34-32)24-19-11-4-12-20-24;2*3-2(4,5)1(6)7;;/h1-13,15,17-20,25-26H;2*(H,6,7);;/q-2;;;2*+2/p-2. The van der Waals surface area contributed by atoms with Crippen molar-refractivity contribution in [3.05, 3.63) is 144 Å². The number of aliphatic imine (C=N–C) groups is 2. The monoisotopic (exact) mass is 934 g/mol. The summed E-state index contributed by atoms with van der Waals surface area (Å²) in [6, 6.07) is 39.7. The first-order chi connectivity index (χ1) is 24.5. The van der Waals surface area contributed by atoms with Gasteiger partial charge in [0.2, 0.25) is 22.9 Å². The molecule has 2 spiro atoms. The van der Waals surface area contributed by atoms with Crippen LogP contribution in [0.2, 0.25) is 0 Å². The van der Waals surface area contributed by atoms with Gasteiger partial charge in [0.25, 0.3) is 0 Å². The molecule has 2 heterocycles. The molecule has 2 aliphatic heterocycles. The van der Waals surface area contributed by atoms with Crippen molar-refractivity contribution in [1.82, 2.24) is 0 Å². The van der Waals surface area contributed by atoms with Crippen LogP contribution < -0.4 is 10.2 Å². The molecule has 0 N–H and O–H groups in total. The molecule has 0 saturated heterocycles. The Kier molecular flexibility index (Phi) is 13.7. The maximum Gasteiger partial charge on any atom is 2.00 e. The zero-order valence-electron chi connectivity index (χ0n) is 26.6. The number of carboxylic acids is 2. The van der Waals surface area contributed by atoms with Crippen molar-refractivity contribution >= 4 is 35.7 Å². The number of ether oxygens (including phenoxy) is 2. The van der Waals surface area contributed by atoms with E-state index in [1.807, 2.05) is 97.1 Å². The van der Waals surface area contributed by atoms with E-state index in [1.54, 1.807) is 12.1 Å². The molecule has 54 heavy (non-hydrogen) atoms. The Labute approximate surface area is 329 Å². The molecule has 10 nitrogen and oxygen atoms in total. The Hall–Kier alpha value is -5.00. The van der Waals surface area contributed by atoms with Gasteiger partial charge in [-0.1, -0.05) is 36.4 Å². The van der Waals surface area contributed by atoms with Crippen molar-refractivity contribution in [2.24, 2.45) is 9.98 Å². The first kappa shape index (κ1) is 43.4. The molecule has 4 atom stereocenters. The predicted octanol–water partition coefficient (Wildman–Crippen LogP) is 3.24. The van der Waals surface area contributed by atoms with E-state index >= 15 is 0 Å². The third-order valence-corrected chi connectivity index (χ3v) is 8.01. The van der Waals surface area contributed by atoms with Gasteiger partial charge in [-0.2, -0.15) is 98.1 Å². The molecule has 4 aromatic rings. The van der Waals surface area contributed by atoms with E-state index in [1.165, 1.54) is 0 Å².